The Bertz CT molecular complexity index is 754. The van der Waals surface area contributed by atoms with Gasteiger partial charge in [0.05, 0.1) is 12.2 Å². The molecule has 2 heterocycles. The molecule has 2 aromatic rings. The molecule has 1 aliphatic heterocycles. The van der Waals surface area contributed by atoms with Crippen LogP contribution in [0, 0.1) is 13.8 Å². The van der Waals surface area contributed by atoms with Gasteiger partial charge in [0, 0.05) is 41.9 Å². The summed E-state index contributed by atoms with van der Waals surface area (Å²) in [5.74, 6) is 1.65. The topological polar surface area (TPSA) is 65.7 Å². The molecule has 140 valence electrons. The van der Waals surface area contributed by atoms with Gasteiger partial charge >= 0.3 is 0 Å². The molecule has 1 aromatic carbocycles. The first kappa shape index (κ1) is 18.6. The van der Waals surface area contributed by atoms with E-state index in [9.17, 15) is 0 Å². The van der Waals surface area contributed by atoms with E-state index in [-0.39, 0.29) is 0 Å². The molecule has 1 aromatic heterocycles. The molecule has 0 saturated carbocycles. The Morgan fingerprint density at radius 1 is 1.42 bits per heavy atom. The summed E-state index contributed by atoms with van der Waals surface area (Å²) in [5, 5.41) is 11.6. The summed E-state index contributed by atoms with van der Waals surface area (Å²) < 4.78 is 5.22. The number of guanidine groups is 1. The van der Waals surface area contributed by atoms with Gasteiger partial charge in [0.15, 0.2) is 5.96 Å². The number of aromatic nitrogens is 1. The van der Waals surface area contributed by atoms with E-state index in [2.05, 4.69) is 33.7 Å². The second-order valence-electron chi connectivity index (χ2n) is 6.55. The molecule has 0 spiro atoms. The standard InChI is InChI=1S/C19H26ClN5O/c1-4-21-19(22-11-18-13(2)24-26-14(18)3)23-16-8-9-25(12-16)17-7-5-6-15(20)10-17/h5-7,10,16H,4,8-9,11-12H2,1-3H3,(H2,21,22,23). The molecule has 2 N–H and O–H groups in total. The zero-order valence-corrected chi connectivity index (χ0v) is 16.3. The molecule has 0 aliphatic carbocycles. The number of hydrogen-bond acceptors (Lipinski definition) is 4. The third kappa shape index (κ3) is 4.49. The smallest absolute Gasteiger partial charge is 0.191 e. The average molecular weight is 376 g/mol. The van der Waals surface area contributed by atoms with Gasteiger partial charge in [-0.2, -0.15) is 0 Å². The van der Waals surface area contributed by atoms with Crippen LogP contribution in [0.4, 0.5) is 5.69 Å². The maximum atomic E-state index is 6.12. The highest BCUT2D eigenvalue weighted by molar-refractivity contribution is 6.30. The van der Waals surface area contributed by atoms with E-state index in [1.165, 1.54) is 5.69 Å². The summed E-state index contributed by atoms with van der Waals surface area (Å²) in [6.45, 7) is 9.24. The third-order valence-electron chi connectivity index (χ3n) is 4.62. The Morgan fingerprint density at radius 3 is 2.96 bits per heavy atom. The maximum Gasteiger partial charge on any atom is 0.191 e. The Kier molecular flexibility index (Phi) is 6.04. The summed E-state index contributed by atoms with van der Waals surface area (Å²) in [4.78, 5) is 7.06. The van der Waals surface area contributed by atoms with Crippen molar-refractivity contribution in [1.82, 2.24) is 15.8 Å². The highest BCUT2D eigenvalue weighted by Crippen LogP contribution is 2.23. The third-order valence-corrected chi connectivity index (χ3v) is 4.86. The van der Waals surface area contributed by atoms with Gasteiger partial charge in [-0.25, -0.2) is 4.99 Å². The number of hydrogen-bond donors (Lipinski definition) is 2. The lowest BCUT2D eigenvalue weighted by Crippen LogP contribution is -2.44. The second-order valence-corrected chi connectivity index (χ2v) is 6.99. The summed E-state index contributed by atoms with van der Waals surface area (Å²) in [5.41, 5.74) is 3.11. The van der Waals surface area contributed by atoms with Gasteiger partial charge in [0.1, 0.15) is 5.76 Å². The molecule has 1 saturated heterocycles. The number of nitrogens with one attached hydrogen (secondary N) is 2. The first-order valence-electron chi connectivity index (χ1n) is 9.04. The van der Waals surface area contributed by atoms with Crippen LogP contribution < -0.4 is 15.5 Å². The van der Waals surface area contributed by atoms with Crippen molar-refractivity contribution < 1.29 is 4.52 Å². The summed E-state index contributed by atoms with van der Waals surface area (Å²) in [7, 11) is 0. The van der Waals surface area contributed by atoms with Crippen LogP contribution in [-0.2, 0) is 6.54 Å². The summed E-state index contributed by atoms with van der Waals surface area (Å²) in [6.07, 6.45) is 1.06. The number of nitrogens with zero attached hydrogens (tertiary/aromatic N) is 3. The Labute approximate surface area is 159 Å². The molecular weight excluding hydrogens is 350 g/mol. The quantitative estimate of drug-likeness (QED) is 0.620. The van der Waals surface area contributed by atoms with E-state index in [0.29, 0.717) is 12.6 Å². The monoisotopic (exact) mass is 375 g/mol. The van der Waals surface area contributed by atoms with E-state index in [1.807, 2.05) is 32.0 Å². The molecule has 1 unspecified atom stereocenters. The van der Waals surface area contributed by atoms with Crippen LogP contribution in [0.25, 0.3) is 0 Å². The molecule has 0 radical (unpaired) electrons. The fraction of sp³-hybridized carbons (Fsp3) is 0.474. The highest BCUT2D eigenvalue weighted by atomic mass is 35.5. The Hall–Kier alpha value is -2.21. The average Bonchev–Trinajstić information content (AvgIpc) is 3.20. The van der Waals surface area contributed by atoms with Crippen LogP contribution in [0.2, 0.25) is 5.02 Å². The van der Waals surface area contributed by atoms with Gasteiger partial charge in [-0.05, 0) is 45.4 Å². The second kappa shape index (κ2) is 8.45. The predicted molar refractivity (Wildman–Crippen MR) is 106 cm³/mol. The van der Waals surface area contributed by atoms with E-state index in [4.69, 9.17) is 21.1 Å². The molecule has 3 rings (SSSR count). The van der Waals surface area contributed by atoms with Crippen molar-refractivity contribution in [2.24, 2.45) is 4.99 Å². The van der Waals surface area contributed by atoms with Crippen molar-refractivity contribution in [3.8, 4) is 0 Å². The zero-order chi connectivity index (χ0) is 18.5. The molecule has 1 atom stereocenters. The van der Waals surface area contributed by atoms with Gasteiger partial charge in [0.2, 0.25) is 0 Å². The lowest BCUT2D eigenvalue weighted by atomic mass is 10.2. The summed E-state index contributed by atoms with van der Waals surface area (Å²) >= 11 is 6.12. The van der Waals surface area contributed by atoms with Gasteiger partial charge in [-0.3, -0.25) is 0 Å². The number of aryl methyl sites for hydroxylation is 2. The number of rotatable bonds is 5. The van der Waals surface area contributed by atoms with Crippen LogP contribution in [0.3, 0.4) is 0 Å². The molecule has 26 heavy (non-hydrogen) atoms. The van der Waals surface area contributed by atoms with Crippen molar-refractivity contribution in [2.75, 3.05) is 24.5 Å². The SMILES string of the molecule is CCNC(=NCc1c(C)noc1C)NC1CCN(c2cccc(Cl)c2)C1. The molecule has 1 aliphatic rings. The number of aliphatic imine (C=N–C) groups is 1. The molecule has 6 nitrogen and oxygen atoms in total. The first-order valence-corrected chi connectivity index (χ1v) is 9.41. The Balaban J connectivity index is 1.62. The van der Waals surface area contributed by atoms with E-state index in [0.717, 1.165) is 54.1 Å². The first-order chi connectivity index (χ1) is 12.6. The highest BCUT2D eigenvalue weighted by Gasteiger charge is 2.23. The van der Waals surface area contributed by atoms with E-state index < -0.39 is 0 Å². The molecule has 0 amide bonds. The molecule has 7 heteroatoms. The predicted octanol–water partition coefficient (Wildman–Crippen LogP) is 3.28. The number of anilines is 1. The largest absolute Gasteiger partial charge is 0.369 e. The fourth-order valence-electron chi connectivity index (χ4n) is 3.18. The minimum atomic E-state index is 0.344. The lowest BCUT2D eigenvalue weighted by molar-refractivity contribution is 0.392. The maximum absolute atomic E-state index is 6.12. The van der Waals surface area contributed by atoms with Crippen LogP contribution in [-0.4, -0.2) is 36.8 Å². The Morgan fingerprint density at radius 2 is 2.27 bits per heavy atom. The van der Waals surface area contributed by atoms with Crippen LogP contribution in [0.5, 0.6) is 0 Å². The molecule has 1 fully saturated rings. The van der Waals surface area contributed by atoms with E-state index in [1.54, 1.807) is 0 Å². The van der Waals surface area contributed by atoms with Gasteiger partial charge in [0.25, 0.3) is 0 Å². The minimum Gasteiger partial charge on any atom is -0.369 e. The minimum absolute atomic E-state index is 0.344. The lowest BCUT2D eigenvalue weighted by Gasteiger charge is -2.20. The normalized spacial score (nSPS) is 17.6. The fourth-order valence-corrected chi connectivity index (χ4v) is 3.37. The van der Waals surface area contributed by atoms with Gasteiger partial charge in [-0.15, -0.1) is 0 Å². The van der Waals surface area contributed by atoms with E-state index >= 15 is 0 Å². The van der Waals surface area contributed by atoms with Crippen molar-refractivity contribution in [2.45, 2.75) is 39.8 Å². The van der Waals surface area contributed by atoms with Crippen molar-refractivity contribution in [3.63, 3.8) is 0 Å². The van der Waals surface area contributed by atoms with Crippen LogP contribution in [0.1, 0.15) is 30.4 Å². The van der Waals surface area contributed by atoms with Crippen molar-refractivity contribution >= 4 is 23.2 Å². The van der Waals surface area contributed by atoms with Gasteiger partial charge in [-0.1, -0.05) is 22.8 Å². The summed E-state index contributed by atoms with van der Waals surface area (Å²) in [6, 6.07) is 8.36. The van der Waals surface area contributed by atoms with Crippen LogP contribution >= 0.6 is 11.6 Å². The van der Waals surface area contributed by atoms with Crippen molar-refractivity contribution in [1.29, 1.82) is 0 Å². The number of halogens is 1. The van der Waals surface area contributed by atoms with Crippen LogP contribution in [0.15, 0.2) is 33.8 Å². The number of benzene rings is 1. The molecule has 0 bridgehead atoms. The van der Waals surface area contributed by atoms with Crippen molar-refractivity contribution in [3.05, 3.63) is 46.3 Å². The van der Waals surface area contributed by atoms with Gasteiger partial charge < -0.3 is 20.1 Å². The zero-order valence-electron chi connectivity index (χ0n) is 15.6. The molecular formula is C19H26ClN5O.